The third-order valence-corrected chi connectivity index (χ3v) is 2.73. The van der Waals surface area contributed by atoms with Crippen LogP contribution in [0, 0.1) is 0 Å². The van der Waals surface area contributed by atoms with Crippen molar-refractivity contribution in [1.29, 1.82) is 0 Å². The molecule has 96 valence electrons. The van der Waals surface area contributed by atoms with Gasteiger partial charge in [-0.25, -0.2) is 0 Å². The minimum absolute atomic E-state index is 0.754. The highest BCUT2D eigenvalue weighted by atomic mass is 16.5. The van der Waals surface area contributed by atoms with E-state index in [4.69, 9.17) is 4.74 Å². The predicted octanol–water partition coefficient (Wildman–Crippen LogP) is 2.91. The number of aryl methyl sites for hydroxylation is 1. The molecule has 2 rings (SSSR count). The minimum Gasteiger partial charge on any atom is -0.495 e. The van der Waals surface area contributed by atoms with Crippen LogP contribution in [0.25, 0.3) is 0 Å². The largest absolute Gasteiger partial charge is 0.495 e. The van der Waals surface area contributed by atoms with E-state index in [2.05, 4.69) is 23.5 Å². The average molecular weight is 245 g/mol. The van der Waals surface area contributed by atoms with E-state index < -0.39 is 0 Å². The van der Waals surface area contributed by atoms with Crippen molar-refractivity contribution in [2.75, 3.05) is 12.4 Å². The van der Waals surface area contributed by atoms with E-state index in [9.17, 15) is 0 Å². The molecule has 0 amide bonds. The van der Waals surface area contributed by atoms with Crippen LogP contribution in [0.4, 0.5) is 5.69 Å². The Morgan fingerprint density at radius 3 is 2.94 bits per heavy atom. The summed E-state index contributed by atoms with van der Waals surface area (Å²) in [5.41, 5.74) is 2.18. The van der Waals surface area contributed by atoms with E-state index >= 15 is 0 Å². The van der Waals surface area contributed by atoms with Gasteiger partial charge in [0.15, 0.2) is 0 Å². The van der Waals surface area contributed by atoms with Crippen LogP contribution in [0.2, 0.25) is 0 Å². The Hall–Kier alpha value is -1.97. The molecule has 1 aromatic carbocycles. The number of rotatable bonds is 6. The quantitative estimate of drug-likeness (QED) is 0.850. The van der Waals surface area contributed by atoms with Crippen LogP contribution in [0.15, 0.2) is 36.7 Å². The summed E-state index contributed by atoms with van der Waals surface area (Å²) in [5, 5.41) is 7.66. The molecule has 0 fully saturated rings. The van der Waals surface area contributed by atoms with Gasteiger partial charge in [-0.3, -0.25) is 4.68 Å². The maximum absolute atomic E-state index is 5.29. The van der Waals surface area contributed by atoms with Gasteiger partial charge < -0.3 is 10.1 Å². The molecule has 0 aliphatic heterocycles. The molecule has 0 radical (unpaired) electrons. The van der Waals surface area contributed by atoms with Crippen molar-refractivity contribution >= 4 is 5.69 Å². The highest BCUT2D eigenvalue weighted by Crippen LogP contribution is 2.23. The summed E-state index contributed by atoms with van der Waals surface area (Å²) in [6, 6.07) is 7.91. The van der Waals surface area contributed by atoms with Crippen LogP contribution >= 0.6 is 0 Å². The van der Waals surface area contributed by atoms with Crippen molar-refractivity contribution in [3.8, 4) is 5.75 Å². The summed E-state index contributed by atoms with van der Waals surface area (Å²) in [7, 11) is 1.68. The van der Waals surface area contributed by atoms with Gasteiger partial charge in [0, 0.05) is 24.8 Å². The topological polar surface area (TPSA) is 39.1 Å². The fourth-order valence-electron chi connectivity index (χ4n) is 1.84. The molecule has 0 bridgehead atoms. The van der Waals surface area contributed by atoms with Crippen LogP contribution in [0.3, 0.4) is 0 Å². The predicted molar refractivity (Wildman–Crippen MR) is 72.8 cm³/mol. The van der Waals surface area contributed by atoms with Crippen LogP contribution in [-0.4, -0.2) is 16.9 Å². The molecule has 0 aliphatic carbocycles. The molecule has 0 saturated heterocycles. The molecule has 0 spiro atoms. The van der Waals surface area contributed by atoms with Crippen LogP contribution in [-0.2, 0) is 13.1 Å². The Morgan fingerprint density at radius 1 is 1.33 bits per heavy atom. The molecule has 2 aromatic rings. The lowest BCUT2D eigenvalue weighted by Crippen LogP contribution is -2.00. The van der Waals surface area contributed by atoms with Crippen LogP contribution in [0.5, 0.6) is 5.75 Å². The maximum Gasteiger partial charge on any atom is 0.141 e. The van der Waals surface area contributed by atoms with E-state index in [1.54, 1.807) is 7.11 Å². The number of anilines is 1. The first-order valence-corrected chi connectivity index (χ1v) is 6.21. The number of hydrogen-bond acceptors (Lipinski definition) is 3. The second-order valence-electron chi connectivity index (χ2n) is 4.17. The van der Waals surface area contributed by atoms with Crippen molar-refractivity contribution in [3.05, 3.63) is 42.2 Å². The summed E-state index contributed by atoms with van der Waals surface area (Å²) in [4.78, 5) is 0. The first-order valence-electron chi connectivity index (χ1n) is 6.21. The first kappa shape index (κ1) is 12.5. The second-order valence-corrected chi connectivity index (χ2v) is 4.17. The van der Waals surface area contributed by atoms with Crippen molar-refractivity contribution in [2.45, 2.75) is 26.4 Å². The number of nitrogens with zero attached hydrogens (tertiary/aromatic N) is 2. The molecular formula is C14H19N3O. The van der Waals surface area contributed by atoms with Gasteiger partial charge in [-0.1, -0.05) is 19.1 Å². The van der Waals surface area contributed by atoms with E-state index in [1.807, 2.05) is 35.1 Å². The SMILES string of the molecule is CCCn1cc(CNc2ccccc2OC)cn1. The first-order chi connectivity index (χ1) is 8.83. The molecule has 4 heteroatoms. The zero-order valence-electron chi connectivity index (χ0n) is 10.9. The number of ether oxygens (including phenoxy) is 1. The highest BCUT2D eigenvalue weighted by molar-refractivity contribution is 5.56. The Bertz CT molecular complexity index is 493. The van der Waals surface area contributed by atoms with Gasteiger partial charge in [-0.2, -0.15) is 5.10 Å². The fraction of sp³-hybridized carbons (Fsp3) is 0.357. The number of nitrogens with one attached hydrogen (secondary N) is 1. The van der Waals surface area contributed by atoms with Gasteiger partial charge >= 0.3 is 0 Å². The highest BCUT2D eigenvalue weighted by Gasteiger charge is 2.02. The van der Waals surface area contributed by atoms with E-state index in [0.29, 0.717) is 0 Å². The fourth-order valence-corrected chi connectivity index (χ4v) is 1.84. The smallest absolute Gasteiger partial charge is 0.141 e. The van der Waals surface area contributed by atoms with Gasteiger partial charge in [0.05, 0.1) is 19.0 Å². The molecule has 0 aliphatic rings. The third-order valence-electron chi connectivity index (χ3n) is 2.73. The number of para-hydroxylation sites is 2. The van der Waals surface area contributed by atoms with E-state index in [-0.39, 0.29) is 0 Å². The van der Waals surface area contributed by atoms with Crippen LogP contribution in [0.1, 0.15) is 18.9 Å². The lowest BCUT2D eigenvalue weighted by Gasteiger charge is -2.09. The minimum atomic E-state index is 0.754. The van der Waals surface area contributed by atoms with Crippen molar-refractivity contribution in [1.82, 2.24) is 9.78 Å². The van der Waals surface area contributed by atoms with Gasteiger partial charge in [-0.15, -0.1) is 0 Å². The molecule has 1 heterocycles. The second kappa shape index (κ2) is 6.10. The Kier molecular flexibility index (Phi) is 4.23. The average Bonchev–Trinajstić information content (AvgIpc) is 2.85. The molecule has 0 saturated carbocycles. The van der Waals surface area contributed by atoms with Gasteiger partial charge in [0.25, 0.3) is 0 Å². The number of benzene rings is 1. The molecule has 0 atom stereocenters. The normalized spacial score (nSPS) is 10.3. The van der Waals surface area contributed by atoms with Crippen molar-refractivity contribution in [3.63, 3.8) is 0 Å². The van der Waals surface area contributed by atoms with Crippen molar-refractivity contribution < 1.29 is 4.74 Å². The zero-order chi connectivity index (χ0) is 12.8. The maximum atomic E-state index is 5.29. The lowest BCUT2D eigenvalue weighted by atomic mass is 10.2. The Balaban J connectivity index is 1.97. The number of aromatic nitrogens is 2. The molecule has 1 N–H and O–H groups in total. The van der Waals surface area contributed by atoms with E-state index in [1.165, 1.54) is 5.56 Å². The van der Waals surface area contributed by atoms with E-state index in [0.717, 1.165) is 30.9 Å². The monoisotopic (exact) mass is 245 g/mol. The molecule has 0 unspecified atom stereocenters. The summed E-state index contributed by atoms with van der Waals surface area (Å²) in [6.45, 7) is 3.87. The summed E-state index contributed by atoms with van der Waals surface area (Å²) < 4.78 is 7.27. The Morgan fingerprint density at radius 2 is 2.17 bits per heavy atom. The van der Waals surface area contributed by atoms with Crippen LogP contribution < -0.4 is 10.1 Å². The molecular weight excluding hydrogens is 226 g/mol. The lowest BCUT2D eigenvalue weighted by molar-refractivity contribution is 0.416. The summed E-state index contributed by atoms with van der Waals surface area (Å²) in [5.74, 6) is 0.860. The summed E-state index contributed by atoms with van der Waals surface area (Å²) in [6.07, 6.45) is 5.07. The van der Waals surface area contributed by atoms with Gasteiger partial charge in [0.1, 0.15) is 5.75 Å². The van der Waals surface area contributed by atoms with Gasteiger partial charge in [0.2, 0.25) is 0 Å². The molecule has 1 aromatic heterocycles. The van der Waals surface area contributed by atoms with Gasteiger partial charge in [-0.05, 0) is 18.6 Å². The van der Waals surface area contributed by atoms with Crippen molar-refractivity contribution in [2.24, 2.45) is 0 Å². The molecule has 18 heavy (non-hydrogen) atoms. The standard InChI is InChI=1S/C14H19N3O/c1-3-8-17-11-12(10-16-17)9-15-13-6-4-5-7-14(13)18-2/h4-7,10-11,15H,3,8-9H2,1-2H3. The zero-order valence-corrected chi connectivity index (χ0v) is 10.9. The summed E-state index contributed by atoms with van der Waals surface area (Å²) >= 11 is 0. The Labute approximate surface area is 108 Å². The number of methoxy groups -OCH3 is 1. The number of hydrogen-bond donors (Lipinski definition) is 1. The molecule has 4 nitrogen and oxygen atoms in total. The third kappa shape index (κ3) is 3.03.